The quantitative estimate of drug-likeness (QED) is 0.324. The topological polar surface area (TPSA) is 47.6 Å². The standard InChI is InChI=1S/C23H25NO3S2/c1-3-16(2)18-10-5-7-12-20(18)27-14-8-13-26-19-11-6-4-9-17(19)15-21-22(25)24-23(28)29-21/h4-7,9-12,15-16H,3,8,13-14H2,1-2H3,(H,24,25,28)/b21-15+/t16-/m1/s1. The van der Waals surface area contributed by atoms with Crippen LogP contribution in [0.25, 0.3) is 6.08 Å². The molecule has 1 atom stereocenters. The van der Waals surface area contributed by atoms with Crippen molar-refractivity contribution >= 4 is 40.3 Å². The zero-order chi connectivity index (χ0) is 20.6. The van der Waals surface area contributed by atoms with Crippen LogP contribution in [0.15, 0.2) is 53.4 Å². The first-order valence-electron chi connectivity index (χ1n) is 9.77. The first-order valence-corrected chi connectivity index (χ1v) is 11.0. The summed E-state index contributed by atoms with van der Waals surface area (Å²) in [5.41, 5.74) is 2.11. The summed E-state index contributed by atoms with van der Waals surface area (Å²) < 4.78 is 12.4. The average molecular weight is 428 g/mol. The number of ether oxygens (including phenoxy) is 2. The molecule has 1 aliphatic heterocycles. The van der Waals surface area contributed by atoms with Crippen LogP contribution >= 0.6 is 24.0 Å². The average Bonchev–Trinajstić information content (AvgIpc) is 3.05. The maximum Gasteiger partial charge on any atom is 0.263 e. The van der Waals surface area contributed by atoms with Gasteiger partial charge in [-0.15, -0.1) is 0 Å². The molecule has 1 amide bonds. The molecular formula is C23H25NO3S2. The molecule has 0 aromatic heterocycles. The van der Waals surface area contributed by atoms with Crippen LogP contribution in [0, 0.1) is 0 Å². The maximum absolute atomic E-state index is 11.9. The second kappa shape index (κ2) is 10.5. The number of thiocarbonyl (C=S) groups is 1. The lowest BCUT2D eigenvalue weighted by atomic mass is 9.98. The van der Waals surface area contributed by atoms with Gasteiger partial charge in [0.25, 0.3) is 5.91 Å². The highest BCUT2D eigenvalue weighted by atomic mass is 32.2. The minimum absolute atomic E-state index is 0.164. The number of hydrogen-bond donors (Lipinski definition) is 1. The van der Waals surface area contributed by atoms with Gasteiger partial charge in [0.2, 0.25) is 0 Å². The highest BCUT2D eigenvalue weighted by Gasteiger charge is 2.22. The Hall–Kier alpha value is -2.31. The maximum atomic E-state index is 11.9. The summed E-state index contributed by atoms with van der Waals surface area (Å²) in [5, 5.41) is 2.63. The van der Waals surface area contributed by atoms with E-state index in [4.69, 9.17) is 21.7 Å². The van der Waals surface area contributed by atoms with Gasteiger partial charge in [-0.3, -0.25) is 4.79 Å². The third kappa shape index (κ3) is 5.84. The highest BCUT2D eigenvalue weighted by molar-refractivity contribution is 8.26. The van der Waals surface area contributed by atoms with E-state index in [0.717, 1.165) is 29.9 Å². The Kier molecular flexibility index (Phi) is 7.72. The largest absolute Gasteiger partial charge is 0.493 e. The van der Waals surface area contributed by atoms with Crippen LogP contribution in [0.5, 0.6) is 11.5 Å². The van der Waals surface area contributed by atoms with Gasteiger partial charge in [0.15, 0.2) is 0 Å². The number of nitrogens with one attached hydrogen (secondary N) is 1. The van der Waals surface area contributed by atoms with Crippen LogP contribution in [0.1, 0.15) is 43.7 Å². The summed E-state index contributed by atoms with van der Waals surface area (Å²) in [6, 6.07) is 15.9. The number of hydrogen-bond acceptors (Lipinski definition) is 5. The fraction of sp³-hybridized carbons (Fsp3) is 0.304. The second-order valence-corrected chi connectivity index (χ2v) is 8.51. The molecule has 0 spiro atoms. The number of thioether (sulfide) groups is 1. The van der Waals surface area contributed by atoms with Crippen molar-refractivity contribution in [3.8, 4) is 11.5 Å². The SMILES string of the molecule is CC[C@@H](C)c1ccccc1OCCCOc1ccccc1/C=C1/SC(=S)NC1=O. The van der Waals surface area contributed by atoms with Gasteiger partial charge in [0.05, 0.1) is 18.1 Å². The molecule has 2 aromatic rings. The predicted octanol–water partition coefficient (Wildman–Crippen LogP) is 5.54. The van der Waals surface area contributed by atoms with Crippen LogP contribution in [0.4, 0.5) is 0 Å². The predicted molar refractivity (Wildman–Crippen MR) is 124 cm³/mol. The Morgan fingerprint density at radius 1 is 1.07 bits per heavy atom. The van der Waals surface area contributed by atoms with Gasteiger partial charge in [0.1, 0.15) is 15.8 Å². The molecule has 29 heavy (non-hydrogen) atoms. The second-order valence-electron chi connectivity index (χ2n) is 6.79. The van der Waals surface area contributed by atoms with Crippen molar-refractivity contribution in [2.75, 3.05) is 13.2 Å². The zero-order valence-electron chi connectivity index (χ0n) is 16.6. The van der Waals surface area contributed by atoms with Crippen LogP contribution in [0.2, 0.25) is 0 Å². The van der Waals surface area contributed by atoms with E-state index in [1.165, 1.54) is 17.3 Å². The van der Waals surface area contributed by atoms with E-state index < -0.39 is 0 Å². The summed E-state index contributed by atoms with van der Waals surface area (Å²) in [5.74, 6) is 2.00. The van der Waals surface area contributed by atoms with Crippen LogP contribution in [-0.2, 0) is 4.79 Å². The molecule has 1 heterocycles. The fourth-order valence-corrected chi connectivity index (χ4v) is 3.99. The zero-order valence-corrected chi connectivity index (χ0v) is 18.3. The number of para-hydroxylation sites is 2. The number of carbonyl (C=O) groups is 1. The van der Waals surface area contributed by atoms with Crippen LogP contribution in [-0.4, -0.2) is 23.4 Å². The van der Waals surface area contributed by atoms with Gasteiger partial charge in [0, 0.05) is 12.0 Å². The Morgan fingerprint density at radius 3 is 2.41 bits per heavy atom. The summed E-state index contributed by atoms with van der Waals surface area (Å²) >= 11 is 6.31. The monoisotopic (exact) mass is 427 g/mol. The molecule has 0 radical (unpaired) electrons. The Labute approximate surface area is 181 Å². The molecular weight excluding hydrogens is 402 g/mol. The van der Waals surface area contributed by atoms with Crippen molar-refractivity contribution in [3.63, 3.8) is 0 Å². The van der Waals surface area contributed by atoms with E-state index in [1.807, 2.05) is 42.5 Å². The molecule has 3 rings (SSSR count). The lowest BCUT2D eigenvalue weighted by Gasteiger charge is -2.16. The van der Waals surface area contributed by atoms with Crippen molar-refractivity contribution in [2.45, 2.75) is 32.6 Å². The van der Waals surface area contributed by atoms with E-state index in [9.17, 15) is 4.79 Å². The van der Waals surface area contributed by atoms with Crippen molar-refractivity contribution in [1.82, 2.24) is 5.32 Å². The smallest absolute Gasteiger partial charge is 0.263 e. The number of amides is 1. The van der Waals surface area contributed by atoms with Crippen molar-refractivity contribution in [1.29, 1.82) is 0 Å². The lowest BCUT2D eigenvalue weighted by Crippen LogP contribution is -2.17. The van der Waals surface area contributed by atoms with E-state index in [1.54, 1.807) is 0 Å². The Balaban J connectivity index is 1.54. The van der Waals surface area contributed by atoms with Gasteiger partial charge < -0.3 is 14.8 Å². The number of carbonyl (C=O) groups excluding carboxylic acids is 1. The molecule has 152 valence electrons. The third-order valence-electron chi connectivity index (χ3n) is 4.71. The first kappa shape index (κ1) is 21.4. The Bertz CT molecular complexity index is 911. The molecule has 4 nitrogen and oxygen atoms in total. The van der Waals surface area contributed by atoms with Gasteiger partial charge >= 0.3 is 0 Å². The number of benzene rings is 2. The van der Waals surface area contributed by atoms with E-state index in [-0.39, 0.29) is 5.91 Å². The minimum atomic E-state index is -0.164. The van der Waals surface area contributed by atoms with E-state index in [2.05, 4.69) is 31.3 Å². The first-order chi connectivity index (χ1) is 14.1. The molecule has 6 heteroatoms. The van der Waals surface area contributed by atoms with Gasteiger partial charge in [-0.05, 0) is 36.1 Å². The van der Waals surface area contributed by atoms with Gasteiger partial charge in [-0.25, -0.2) is 0 Å². The van der Waals surface area contributed by atoms with Crippen molar-refractivity contribution < 1.29 is 14.3 Å². The minimum Gasteiger partial charge on any atom is -0.493 e. The molecule has 0 aliphatic carbocycles. The summed E-state index contributed by atoms with van der Waals surface area (Å²) in [7, 11) is 0. The molecule has 1 saturated heterocycles. The molecule has 2 aromatic carbocycles. The van der Waals surface area contributed by atoms with Gasteiger partial charge in [-0.1, -0.05) is 74.2 Å². The Morgan fingerprint density at radius 2 is 1.72 bits per heavy atom. The molecule has 1 fully saturated rings. The lowest BCUT2D eigenvalue weighted by molar-refractivity contribution is -0.115. The van der Waals surface area contributed by atoms with Crippen molar-refractivity contribution in [2.24, 2.45) is 0 Å². The van der Waals surface area contributed by atoms with Gasteiger partial charge in [-0.2, -0.15) is 0 Å². The molecule has 1 aliphatic rings. The highest BCUT2D eigenvalue weighted by Crippen LogP contribution is 2.30. The molecule has 0 saturated carbocycles. The molecule has 0 bridgehead atoms. The number of rotatable bonds is 9. The van der Waals surface area contributed by atoms with E-state index in [0.29, 0.717) is 28.4 Å². The fourth-order valence-electron chi connectivity index (χ4n) is 2.96. The summed E-state index contributed by atoms with van der Waals surface area (Å²) in [6.07, 6.45) is 3.66. The van der Waals surface area contributed by atoms with E-state index >= 15 is 0 Å². The molecule has 1 N–H and O–H groups in total. The normalized spacial score (nSPS) is 16.0. The molecule has 0 unspecified atom stereocenters. The third-order valence-corrected chi connectivity index (χ3v) is 5.88. The summed E-state index contributed by atoms with van der Waals surface area (Å²) in [6.45, 7) is 5.52. The summed E-state index contributed by atoms with van der Waals surface area (Å²) in [4.78, 5) is 12.5. The van der Waals surface area contributed by atoms with Crippen LogP contribution < -0.4 is 14.8 Å². The van der Waals surface area contributed by atoms with Crippen LogP contribution in [0.3, 0.4) is 0 Å². The van der Waals surface area contributed by atoms with Crippen molar-refractivity contribution in [3.05, 3.63) is 64.6 Å².